The third kappa shape index (κ3) is 3.06. The molecule has 2 rings (SSSR count). The van der Waals surface area contributed by atoms with E-state index in [9.17, 15) is 0 Å². The van der Waals surface area contributed by atoms with Crippen molar-refractivity contribution in [3.63, 3.8) is 0 Å². The van der Waals surface area contributed by atoms with Gasteiger partial charge in [0, 0.05) is 10.9 Å². The molecule has 1 aromatic heterocycles. The molecule has 3 nitrogen and oxygen atoms in total. The van der Waals surface area contributed by atoms with Crippen molar-refractivity contribution in [1.82, 2.24) is 9.88 Å². The molecule has 1 saturated heterocycles. The highest BCUT2D eigenvalue weighted by atomic mass is 32.1. The fraction of sp³-hybridized carbons (Fsp3) is 0.769. The summed E-state index contributed by atoms with van der Waals surface area (Å²) in [5.41, 5.74) is 7.24. The van der Waals surface area contributed by atoms with Gasteiger partial charge in [-0.15, -0.1) is 11.3 Å². The molecule has 96 valence electrons. The summed E-state index contributed by atoms with van der Waals surface area (Å²) in [7, 11) is 0. The summed E-state index contributed by atoms with van der Waals surface area (Å²) in [5.74, 6) is 0.472. The Kier molecular flexibility index (Phi) is 4.17. The first kappa shape index (κ1) is 13.0. The van der Waals surface area contributed by atoms with Crippen LogP contribution in [0.4, 0.5) is 0 Å². The summed E-state index contributed by atoms with van der Waals surface area (Å²) in [6, 6.07) is 0.109. The van der Waals surface area contributed by atoms with Gasteiger partial charge in [-0.25, -0.2) is 4.98 Å². The zero-order valence-electron chi connectivity index (χ0n) is 11.1. The smallest absolute Gasteiger partial charge is 0.107 e. The van der Waals surface area contributed by atoms with E-state index >= 15 is 0 Å². The summed E-state index contributed by atoms with van der Waals surface area (Å²) in [6.07, 6.45) is 2.67. The van der Waals surface area contributed by atoms with Gasteiger partial charge in [-0.05, 0) is 38.8 Å². The van der Waals surface area contributed by atoms with Crippen LogP contribution in [0, 0.1) is 0 Å². The van der Waals surface area contributed by atoms with Crippen molar-refractivity contribution in [3.05, 3.63) is 15.6 Å². The van der Waals surface area contributed by atoms with Gasteiger partial charge < -0.3 is 5.73 Å². The average Bonchev–Trinajstić information content (AvgIpc) is 2.86. The van der Waals surface area contributed by atoms with Crippen molar-refractivity contribution in [2.45, 2.75) is 52.1 Å². The molecular formula is C13H23N3S. The zero-order chi connectivity index (χ0) is 12.4. The molecule has 4 heteroatoms. The van der Waals surface area contributed by atoms with Crippen LogP contribution in [0.15, 0.2) is 0 Å². The van der Waals surface area contributed by atoms with E-state index in [1.807, 2.05) is 0 Å². The summed E-state index contributed by atoms with van der Waals surface area (Å²) in [4.78, 5) is 8.56. The van der Waals surface area contributed by atoms with Crippen LogP contribution in [0.1, 0.15) is 61.2 Å². The minimum atomic E-state index is 0.109. The molecule has 1 aliphatic rings. The second-order valence-corrected chi connectivity index (χ2v) is 6.40. The molecule has 0 spiro atoms. The lowest BCUT2D eigenvalue weighted by Crippen LogP contribution is -2.18. The summed E-state index contributed by atoms with van der Waals surface area (Å²) < 4.78 is 0. The molecule has 1 fully saturated rings. The topological polar surface area (TPSA) is 42.2 Å². The van der Waals surface area contributed by atoms with Gasteiger partial charge in [-0.3, -0.25) is 4.90 Å². The summed E-state index contributed by atoms with van der Waals surface area (Å²) >= 11 is 1.80. The Bertz CT molecular complexity index is 339. The van der Waals surface area contributed by atoms with Gasteiger partial charge in [0.05, 0.1) is 12.2 Å². The molecule has 0 bridgehead atoms. The van der Waals surface area contributed by atoms with Crippen LogP contribution < -0.4 is 5.73 Å². The van der Waals surface area contributed by atoms with Crippen molar-refractivity contribution in [3.8, 4) is 0 Å². The van der Waals surface area contributed by atoms with Crippen LogP contribution in [0.25, 0.3) is 0 Å². The SMILES string of the molecule is CC(C)c1nc(CN2CCCC2)sc1C(C)N. The standard InChI is InChI=1S/C13H23N3S/c1-9(2)12-13(10(3)14)17-11(15-12)8-16-6-4-5-7-16/h9-10H,4-8,14H2,1-3H3. The second-order valence-electron chi connectivity index (χ2n) is 5.28. The first-order valence-corrected chi connectivity index (χ1v) is 7.37. The van der Waals surface area contributed by atoms with Crippen LogP contribution in [0.5, 0.6) is 0 Å². The number of aromatic nitrogens is 1. The van der Waals surface area contributed by atoms with Crippen LogP contribution in [-0.2, 0) is 6.54 Å². The van der Waals surface area contributed by atoms with Gasteiger partial charge >= 0.3 is 0 Å². The molecule has 0 saturated carbocycles. The summed E-state index contributed by atoms with van der Waals surface area (Å²) in [5, 5.41) is 1.24. The van der Waals surface area contributed by atoms with Crippen molar-refractivity contribution < 1.29 is 0 Å². The van der Waals surface area contributed by atoms with E-state index in [0.717, 1.165) is 6.54 Å². The van der Waals surface area contributed by atoms with Crippen molar-refractivity contribution in [2.75, 3.05) is 13.1 Å². The first-order valence-electron chi connectivity index (χ1n) is 6.55. The Morgan fingerprint density at radius 2 is 1.94 bits per heavy atom. The molecule has 1 unspecified atom stereocenters. The minimum Gasteiger partial charge on any atom is -0.323 e. The zero-order valence-corrected chi connectivity index (χ0v) is 11.9. The van der Waals surface area contributed by atoms with E-state index in [1.54, 1.807) is 11.3 Å². The number of nitrogens with zero attached hydrogens (tertiary/aromatic N) is 2. The predicted molar refractivity (Wildman–Crippen MR) is 73.3 cm³/mol. The van der Waals surface area contributed by atoms with Crippen LogP contribution in [0.2, 0.25) is 0 Å². The van der Waals surface area contributed by atoms with Gasteiger partial charge in [-0.2, -0.15) is 0 Å². The van der Waals surface area contributed by atoms with E-state index in [-0.39, 0.29) is 6.04 Å². The molecular weight excluding hydrogens is 230 g/mol. The monoisotopic (exact) mass is 253 g/mol. The molecule has 0 amide bonds. The molecule has 0 aromatic carbocycles. The van der Waals surface area contributed by atoms with Gasteiger partial charge in [0.2, 0.25) is 0 Å². The minimum absolute atomic E-state index is 0.109. The van der Waals surface area contributed by atoms with Crippen LogP contribution in [-0.4, -0.2) is 23.0 Å². The van der Waals surface area contributed by atoms with Gasteiger partial charge in [0.25, 0.3) is 0 Å². The van der Waals surface area contributed by atoms with E-state index in [4.69, 9.17) is 10.7 Å². The second kappa shape index (κ2) is 5.46. The molecule has 0 radical (unpaired) electrons. The highest BCUT2D eigenvalue weighted by molar-refractivity contribution is 7.11. The third-order valence-electron chi connectivity index (χ3n) is 3.24. The molecule has 2 N–H and O–H groups in total. The number of hydrogen-bond donors (Lipinski definition) is 1. The average molecular weight is 253 g/mol. The number of hydrogen-bond acceptors (Lipinski definition) is 4. The number of likely N-dealkylation sites (tertiary alicyclic amines) is 1. The first-order chi connectivity index (χ1) is 8.08. The van der Waals surface area contributed by atoms with Gasteiger partial charge in [-0.1, -0.05) is 13.8 Å². The fourth-order valence-electron chi connectivity index (χ4n) is 2.33. The Morgan fingerprint density at radius 3 is 2.41 bits per heavy atom. The molecule has 1 atom stereocenters. The maximum atomic E-state index is 6.03. The molecule has 2 heterocycles. The highest BCUT2D eigenvalue weighted by Gasteiger charge is 2.19. The van der Waals surface area contributed by atoms with Crippen molar-refractivity contribution in [2.24, 2.45) is 5.73 Å². The number of rotatable bonds is 4. The van der Waals surface area contributed by atoms with Gasteiger partial charge in [0.1, 0.15) is 5.01 Å². The Morgan fingerprint density at radius 1 is 1.29 bits per heavy atom. The maximum Gasteiger partial charge on any atom is 0.107 e. The summed E-state index contributed by atoms with van der Waals surface area (Å²) in [6.45, 7) is 9.91. The molecule has 0 aliphatic carbocycles. The number of thiazole rings is 1. The largest absolute Gasteiger partial charge is 0.323 e. The Balaban J connectivity index is 2.14. The maximum absolute atomic E-state index is 6.03. The van der Waals surface area contributed by atoms with Gasteiger partial charge in [0.15, 0.2) is 0 Å². The lowest BCUT2D eigenvalue weighted by atomic mass is 10.1. The van der Waals surface area contributed by atoms with Crippen molar-refractivity contribution in [1.29, 1.82) is 0 Å². The third-order valence-corrected chi connectivity index (χ3v) is 4.50. The predicted octanol–water partition coefficient (Wildman–Crippen LogP) is 2.88. The molecule has 1 aromatic rings. The van der Waals surface area contributed by atoms with Crippen molar-refractivity contribution >= 4 is 11.3 Å². The van der Waals surface area contributed by atoms with E-state index in [0.29, 0.717) is 5.92 Å². The highest BCUT2D eigenvalue weighted by Crippen LogP contribution is 2.30. The molecule has 17 heavy (non-hydrogen) atoms. The van der Waals surface area contributed by atoms with Crippen LogP contribution in [0.3, 0.4) is 0 Å². The Hall–Kier alpha value is -0.450. The lowest BCUT2D eigenvalue weighted by molar-refractivity contribution is 0.330. The fourth-order valence-corrected chi connectivity index (χ4v) is 3.55. The number of nitrogens with two attached hydrogens (primary N) is 1. The molecule has 1 aliphatic heterocycles. The van der Waals surface area contributed by atoms with Crippen LogP contribution >= 0.6 is 11.3 Å². The van der Waals surface area contributed by atoms with E-state index in [1.165, 1.54) is 41.5 Å². The normalized spacial score (nSPS) is 19.1. The van der Waals surface area contributed by atoms with E-state index < -0.39 is 0 Å². The Labute approximate surface area is 108 Å². The quantitative estimate of drug-likeness (QED) is 0.897. The van der Waals surface area contributed by atoms with E-state index in [2.05, 4.69) is 25.7 Å². The lowest BCUT2D eigenvalue weighted by Gasteiger charge is -2.11.